The van der Waals surface area contributed by atoms with Crippen molar-refractivity contribution >= 4 is 34.8 Å². The second-order valence-electron chi connectivity index (χ2n) is 6.51. The van der Waals surface area contributed by atoms with Crippen LogP contribution in [0.5, 0.6) is 0 Å². The lowest BCUT2D eigenvalue weighted by Crippen LogP contribution is -2.45. The monoisotopic (exact) mass is 400 g/mol. The van der Waals surface area contributed by atoms with Gasteiger partial charge in [-0.1, -0.05) is 19.1 Å². The number of halogens is 1. The van der Waals surface area contributed by atoms with E-state index in [9.17, 15) is 18.8 Å². The number of hydrogen-bond donors (Lipinski definition) is 3. The molecule has 1 atom stereocenters. The van der Waals surface area contributed by atoms with E-state index < -0.39 is 17.8 Å². The number of rotatable bonds is 8. The first-order valence-electron chi connectivity index (χ1n) is 9.27. The van der Waals surface area contributed by atoms with Gasteiger partial charge in [-0.05, 0) is 49.9 Å². The zero-order chi connectivity index (χ0) is 21.4. The fourth-order valence-electron chi connectivity index (χ4n) is 2.71. The van der Waals surface area contributed by atoms with Gasteiger partial charge in [0.1, 0.15) is 5.82 Å². The van der Waals surface area contributed by atoms with Crippen molar-refractivity contribution in [2.45, 2.75) is 26.8 Å². The van der Waals surface area contributed by atoms with Crippen molar-refractivity contribution in [2.75, 3.05) is 29.0 Å². The number of nitrogens with zero attached hydrogens (tertiary/aromatic N) is 1. The van der Waals surface area contributed by atoms with Crippen LogP contribution in [0.4, 0.5) is 21.5 Å². The average molecular weight is 400 g/mol. The van der Waals surface area contributed by atoms with E-state index in [1.54, 1.807) is 48.2 Å². The van der Waals surface area contributed by atoms with Crippen LogP contribution in [0.2, 0.25) is 0 Å². The Bertz CT molecular complexity index is 870. The Morgan fingerprint density at radius 2 is 1.55 bits per heavy atom. The van der Waals surface area contributed by atoms with Gasteiger partial charge in [-0.25, -0.2) is 4.39 Å². The molecule has 0 saturated heterocycles. The van der Waals surface area contributed by atoms with Crippen molar-refractivity contribution in [1.82, 2.24) is 4.90 Å². The highest BCUT2D eigenvalue weighted by Gasteiger charge is 2.23. The molecule has 0 heterocycles. The quantitative estimate of drug-likeness (QED) is 0.635. The molecule has 0 fully saturated rings. The Morgan fingerprint density at radius 1 is 0.966 bits per heavy atom. The van der Waals surface area contributed by atoms with Crippen LogP contribution in [-0.2, 0) is 14.4 Å². The molecule has 0 bridgehead atoms. The van der Waals surface area contributed by atoms with Gasteiger partial charge in [0.05, 0.1) is 18.3 Å². The minimum Gasteiger partial charge on any atom is -0.326 e. The van der Waals surface area contributed by atoms with E-state index in [1.165, 1.54) is 19.1 Å². The van der Waals surface area contributed by atoms with Gasteiger partial charge in [0.15, 0.2) is 0 Å². The van der Waals surface area contributed by atoms with Gasteiger partial charge in [-0.15, -0.1) is 0 Å². The molecule has 7 nitrogen and oxygen atoms in total. The lowest BCUT2D eigenvalue weighted by atomic mass is 10.2. The SMILES string of the molecule is CCN(CC(=O)Nc1ccc(NC(C)=O)cc1)[C@@H](C)C(=O)Nc1ccccc1F. The fraction of sp³-hybridized carbons (Fsp3) is 0.286. The van der Waals surface area contributed by atoms with Crippen molar-refractivity contribution in [3.05, 3.63) is 54.3 Å². The van der Waals surface area contributed by atoms with Crippen molar-refractivity contribution in [2.24, 2.45) is 0 Å². The Labute approximate surface area is 169 Å². The summed E-state index contributed by atoms with van der Waals surface area (Å²) in [5.74, 6) is -1.38. The van der Waals surface area contributed by atoms with Gasteiger partial charge in [-0.3, -0.25) is 19.3 Å². The van der Waals surface area contributed by atoms with Crippen LogP contribution in [0.1, 0.15) is 20.8 Å². The first-order chi connectivity index (χ1) is 13.8. The van der Waals surface area contributed by atoms with Gasteiger partial charge >= 0.3 is 0 Å². The number of nitrogens with one attached hydrogen (secondary N) is 3. The number of carbonyl (C=O) groups excluding carboxylic acids is 3. The summed E-state index contributed by atoms with van der Waals surface area (Å²) in [6, 6.07) is 12.0. The molecule has 0 spiro atoms. The molecule has 2 aromatic carbocycles. The number of para-hydroxylation sites is 1. The number of carbonyl (C=O) groups is 3. The molecule has 0 unspecified atom stereocenters. The smallest absolute Gasteiger partial charge is 0.241 e. The molecule has 0 aromatic heterocycles. The third-order valence-electron chi connectivity index (χ3n) is 4.30. The minimum absolute atomic E-state index is 0.00416. The van der Waals surface area contributed by atoms with Gasteiger partial charge < -0.3 is 16.0 Å². The summed E-state index contributed by atoms with van der Waals surface area (Å²) < 4.78 is 13.7. The molecule has 0 aliphatic heterocycles. The van der Waals surface area contributed by atoms with E-state index >= 15 is 0 Å². The van der Waals surface area contributed by atoms with E-state index in [0.717, 1.165) is 0 Å². The normalized spacial score (nSPS) is 11.6. The van der Waals surface area contributed by atoms with Gasteiger partial charge in [0.25, 0.3) is 0 Å². The molecule has 0 aliphatic rings. The molecule has 3 amide bonds. The van der Waals surface area contributed by atoms with Crippen LogP contribution < -0.4 is 16.0 Å². The number of hydrogen-bond acceptors (Lipinski definition) is 4. The summed E-state index contributed by atoms with van der Waals surface area (Å²) in [6.45, 7) is 5.37. The van der Waals surface area contributed by atoms with Crippen molar-refractivity contribution in [3.8, 4) is 0 Å². The molecule has 154 valence electrons. The first kappa shape index (κ1) is 22.0. The van der Waals surface area contributed by atoms with Crippen LogP contribution in [0.25, 0.3) is 0 Å². The van der Waals surface area contributed by atoms with Crippen molar-refractivity contribution in [3.63, 3.8) is 0 Å². The Kier molecular flexibility index (Phi) is 7.85. The fourth-order valence-corrected chi connectivity index (χ4v) is 2.71. The summed E-state index contributed by atoms with van der Waals surface area (Å²) in [5, 5.41) is 7.95. The molecule has 29 heavy (non-hydrogen) atoms. The van der Waals surface area contributed by atoms with E-state index in [-0.39, 0.29) is 24.0 Å². The highest BCUT2D eigenvalue weighted by atomic mass is 19.1. The highest BCUT2D eigenvalue weighted by Crippen LogP contribution is 2.15. The van der Waals surface area contributed by atoms with E-state index in [0.29, 0.717) is 17.9 Å². The first-order valence-corrected chi connectivity index (χ1v) is 9.27. The molecule has 3 N–H and O–H groups in total. The number of benzene rings is 2. The predicted octanol–water partition coefficient (Wildman–Crippen LogP) is 3.07. The van der Waals surface area contributed by atoms with E-state index in [1.807, 2.05) is 6.92 Å². The summed E-state index contributed by atoms with van der Waals surface area (Å²) in [6.07, 6.45) is 0. The average Bonchev–Trinajstić information content (AvgIpc) is 2.68. The van der Waals surface area contributed by atoms with E-state index in [4.69, 9.17) is 0 Å². The maximum atomic E-state index is 13.7. The molecule has 0 aliphatic carbocycles. The molecule has 2 aromatic rings. The third kappa shape index (κ3) is 6.69. The van der Waals surface area contributed by atoms with Crippen LogP contribution >= 0.6 is 0 Å². The maximum Gasteiger partial charge on any atom is 0.241 e. The van der Waals surface area contributed by atoms with Crippen LogP contribution in [-0.4, -0.2) is 41.8 Å². The third-order valence-corrected chi connectivity index (χ3v) is 4.30. The van der Waals surface area contributed by atoms with Gasteiger partial charge in [0, 0.05) is 18.3 Å². The molecule has 0 radical (unpaired) electrons. The predicted molar refractivity (Wildman–Crippen MR) is 111 cm³/mol. The Hall–Kier alpha value is -3.26. The standard InChI is InChI=1S/C21H25FN4O3/c1-4-26(14(2)21(29)25-19-8-6-5-7-18(19)22)13-20(28)24-17-11-9-16(10-12-17)23-15(3)27/h5-12,14H,4,13H2,1-3H3,(H,23,27)(H,24,28)(H,25,29)/t14-/m0/s1. The summed E-state index contributed by atoms with van der Waals surface area (Å²) in [5.41, 5.74) is 1.30. The van der Waals surface area contributed by atoms with Crippen LogP contribution in [0.15, 0.2) is 48.5 Å². The molecule has 0 saturated carbocycles. The Morgan fingerprint density at radius 3 is 2.10 bits per heavy atom. The van der Waals surface area contributed by atoms with E-state index in [2.05, 4.69) is 16.0 Å². The van der Waals surface area contributed by atoms with Crippen molar-refractivity contribution in [1.29, 1.82) is 0 Å². The molecule has 8 heteroatoms. The lowest BCUT2D eigenvalue weighted by molar-refractivity contribution is -0.123. The Balaban J connectivity index is 1.93. The molecular weight excluding hydrogens is 375 g/mol. The molecular formula is C21H25FN4O3. The lowest BCUT2D eigenvalue weighted by Gasteiger charge is -2.26. The molecule has 2 rings (SSSR count). The maximum absolute atomic E-state index is 13.7. The number of amides is 3. The van der Waals surface area contributed by atoms with Crippen molar-refractivity contribution < 1.29 is 18.8 Å². The zero-order valence-corrected chi connectivity index (χ0v) is 16.7. The summed E-state index contributed by atoms with van der Waals surface area (Å²) >= 11 is 0. The van der Waals surface area contributed by atoms with Gasteiger partial charge in [0.2, 0.25) is 17.7 Å². The minimum atomic E-state index is -0.632. The van der Waals surface area contributed by atoms with Crippen LogP contribution in [0.3, 0.4) is 0 Å². The largest absolute Gasteiger partial charge is 0.326 e. The van der Waals surface area contributed by atoms with Crippen LogP contribution in [0, 0.1) is 5.82 Å². The second-order valence-corrected chi connectivity index (χ2v) is 6.51. The van der Waals surface area contributed by atoms with Gasteiger partial charge in [-0.2, -0.15) is 0 Å². The second kappa shape index (κ2) is 10.3. The number of likely N-dealkylation sites (N-methyl/N-ethyl adjacent to an activating group) is 1. The zero-order valence-electron chi connectivity index (χ0n) is 16.7. The topological polar surface area (TPSA) is 90.5 Å². The summed E-state index contributed by atoms with van der Waals surface area (Å²) in [7, 11) is 0. The highest BCUT2D eigenvalue weighted by molar-refractivity contribution is 5.96. The summed E-state index contributed by atoms with van der Waals surface area (Å²) in [4.78, 5) is 37.5. The number of anilines is 3.